The lowest BCUT2D eigenvalue weighted by Gasteiger charge is -2.41. The van der Waals surface area contributed by atoms with Crippen LogP contribution in [0.15, 0.2) is 78.9 Å². The van der Waals surface area contributed by atoms with E-state index in [1.165, 1.54) is 11.1 Å². The highest BCUT2D eigenvalue weighted by molar-refractivity contribution is 5.83. The average molecular weight is 466 g/mol. The second kappa shape index (κ2) is 11.8. The van der Waals surface area contributed by atoms with Crippen LogP contribution in [0.25, 0.3) is 0 Å². The van der Waals surface area contributed by atoms with Gasteiger partial charge in [-0.3, -0.25) is 9.69 Å². The predicted molar refractivity (Wildman–Crippen MR) is 142 cm³/mol. The first-order valence-electron chi connectivity index (χ1n) is 12.8. The lowest BCUT2D eigenvalue weighted by atomic mass is 9.92. The van der Waals surface area contributed by atoms with Crippen molar-refractivity contribution in [3.05, 3.63) is 101 Å². The topological polar surface area (TPSA) is 47.3 Å². The number of nitriles is 1. The van der Waals surface area contributed by atoms with E-state index in [1.54, 1.807) is 0 Å². The Balaban J connectivity index is 1.49. The minimum absolute atomic E-state index is 0.107. The van der Waals surface area contributed by atoms with E-state index < -0.39 is 0 Å². The Kier molecular flexibility index (Phi) is 8.34. The molecule has 35 heavy (non-hydrogen) atoms. The molecule has 0 atom stereocenters. The summed E-state index contributed by atoms with van der Waals surface area (Å²) in [5.41, 5.74) is 5.18. The molecular formula is C31H35N3O. The molecular weight excluding hydrogens is 430 g/mol. The number of ketones is 1. The van der Waals surface area contributed by atoms with Gasteiger partial charge in [0.05, 0.1) is 17.3 Å². The highest BCUT2D eigenvalue weighted by atomic mass is 16.1. The van der Waals surface area contributed by atoms with Crippen LogP contribution in [-0.2, 0) is 11.2 Å². The molecule has 0 spiro atoms. The third kappa shape index (κ3) is 5.81. The summed E-state index contributed by atoms with van der Waals surface area (Å²) in [6, 6.07) is 30.0. The molecule has 3 aromatic rings. The minimum Gasteiger partial charge on any atom is -0.368 e. The Morgan fingerprint density at radius 2 is 1.43 bits per heavy atom. The van der Waals surface area contributed by atoms with Crippen molar-refractivity contribution in [3.63, 3.8) is 0 Å². The van der Waals surface area contributed by atoms with Crippen molar-refractivity contribution in [1.29, 1.82) is 5.26 Å². The lowest BCUT2D eigenvalue weighted by Crippen LogP contribution is -2.48. The third-order valence-electron chi connectivity index (χ3n) is 7.25. The van der Waals surface area contributed by atoms with Gasteiger partial charge in [0.2, 0.25) is 0 Å². The number of piperazine rings is 1. The van der Waals surface area contributed by atoms with Gasteiger partial charge in [0.15, 0.2) is 0 Å². The highest BCUT2D eigenvalue weighted by Crippen LogP contribution is 2.31. The third-order valence-corrected chi connectivity index (χ3v) is 7.25. The lowest BCUT2D eigenvalue weighted by molar-refractivity contribution is -0.122. The fraction of sp³-hybridized carbons (Fsp3) is 0.355. The van der Waals surface area contributed by atoms with Gasteiger partial charge in [0.25, 0.3) is 0 Å². The summed E-state index contributed by atoms with van der Waals surface area (Å²) >= 11 is 0. The molecule has 0 bridgehead atoms. The minimum atomic E-state index is 0.107. The predicted octanol–water partition coefficient (Wildman–Crippen LogP) is 6.02. The summed E-state index contributed by atoms with van der Waals surface area (Å²) in [7, 11) is 0. The number of hydrogen-bond donors (Lipinski definition) is 0. The van der Waals surface area contributed by atoms with Gasteiger partial charge in [0, 0.05) is 38.5 Å². The van der Waals surface area contributed by atoms with Gasteiger partial charge in [-0.25, -0.2) is 0 Å². The van der Waals surface area contributed by atoms with Crippen LogP contribution in [-0.4, -0.2) is 36.9 Å². The monoisotopic (exact) mass is 465 g/mol. The summed E-state index contributed by atoms with van der Waals surface area (Å²) in [5, 5.41) is 9.87. The first kappa shape index (κ1) is 24.7. The number of rotatable bonds is 9. The Labute approximate surface area is 209 Å². The van der Waals surface area contributed by atoms with Crippen LogP contribution in [0.4, 0.5) is 5.69 Å². The number of Topliss-reactive ketones (excluding diaryl/α,β-unsaturated/α-hetero) is 1. The second-order valence-electron chi connectivity index (χ2n) is 9.37. The molecule has 0 radical (unpaired) electrons. The molecule has 4 heteroatoms. The van der Waals surface area contributed by atoms with Crippen molar-refractivity contribution < 1.29 is 4.79 Å². The molecule has 0 amide bonds. The summed E-state index contributed by atoms with van der Waals surface area (Å²) in [5.74, 6) is 0.378. The molecule has 180 valence electrons. The van der Waals surface area contributed by atoms with Gasteiger partial charge in [0.1, 0.15) is 11.9 Å². The van der Waals surface area contributed by atoms with Crippen LogP contribution in [0, 0.1) is 17.2 Å². The largest absolute Gasteiger partial charge is 0.368 e. The number of carbonyl (C=O) groups excluding carboxylic acids is 1. The highest BCUT2D eigenvalue weighted by Gasteiger charge is 2.27. The number of hydrogen-bond acceptors (Lipinski definition) is 4. The zero-order chi connectivity index (χ0) is 24.6. The molecule has 1 fully saturated rings. The molecule has 0 aromatic heterocycles. The van der Waals surface area contributed by atoms with Crippen molar-refractivity contribution in [1.82, 2.24) is 4.90 Å². The van der Waals surface area contributed by atoms with Crippen LogP contribution in [0.1, 0.15) is 55.0 Å². The van der Waals surface area contributed by atoms with Crippen molar-refractivity contribution in [3.8, 4) is 6.07 Å². The van der Waals surface area contributed by atoms with E-state index in [4.69, 9.17) is 0 Å². The van der Waals surface area contributed by atoms with E-state index >= 15 is 0 Å². The van der Waals surface area contributed by atoms with Gasteiger partial charge in [-0.2, -0.15) is 5.26 Å². The quantitative estimate of drug-likeness (QED) is 0.388. The first-order valence-corrected chi connectivity index (χ1v) is 12.8. The number of carbonyl (C=O) groups is 1. The maximum atomic E-state index is 12.6. The fourth-order valence-electron chi connectivity index (χ4n) is 5.25. The normalized spacial score (nSPS) is 14.3. The van der Waals surface area contributed by atoms with Crippen molar-refractivity contribution >= 4 is 11.5 Å². The van der Waals surface area contributed by atoms with Gasteiger partial charge >= 0.3 is 0 Å². The summed E-state index contributed by atoms with van der Waals surface area (Å²) in [6.07, 6.45) is 2.15. The van der Waals surface area contributed by atoms with Gasteiger partial charge in [-0.05, 0) is 41.7 Å². The summed E-state index contributed by atoms with van der Waals surface area (Å²) < 4.78 is 0. The van der Waals surface area contributed by atoms with Gasteiger partial charge in [-0.15, -0.1) is 0 Å². The molecule has 4 nitrogen and oxygen atoms in total. The van der Waals surface area contributed by atoms with Crippen molar-refractivity contribution in [2.75, 3.05) is 31.1 Å². The number of anilines is 1. The van der Waals surface area contributed by atoms with Crippen LogP contribution >= 0.6 is 0 Å². The van der Waals surface area contributed by atoms with Crippen molar-refractivity contribution in [2.24, 2.45) is 5.92 Å². The molecule has 0 aliphatic carbocycles. The zero-order valence-corrected chi connectivity index (χ0v) is 20.9. The smallest absolute Gasteiger partial charge is 0.140 e. The van der Waals surface area contributed by atoms with E-state index in [1.807, 2.05) is 18.2 Å². The number of benzene rings is 3. The standard InChI is InChI=1S/C31H35N3O/c1-3-25(4-2)30(35)22-24-15-16-29(28(21-24)23-32)33-17-19-34(20-18-33)31(26-11-7-5-8-12-26)27-13-9-6-10-14-27/h5-16,21,25,31H,3-4,17-20,22H2,1-2H3. The van der Waals surface area contributed by atoms with Gasteiger partial charge < -0.3 is 4.90 Å². The fourth-order valence-corrected chi connectivity index (χ4v) is 5.25. The molecule has 3 aromatic carbocycles. The SMILES string of the molecule is CCC(CC)C(=O)Cc1ccc(N2CCN(C(c3ccccc3)c3ccccc3)CC2)c(C#N)c1. The van der Waals surface area contributed by atoms with Crippen LogP contribution in [0.3, 0.4) is 0 Å². The Morgan fingerprint density at radius 3 is 1.94 bits per heavy atom. The molecule has 1 heterocycles. The van der Waals surface area contributed by atoms with Crippen LogP contribution in [0.2, 0.25) is 0 Å². The molecule has 0 saturated carbocycles. The maximum Gasteiger partial charge on any atom is 0.140 e. The first-order chi connectivity index (χ1) is 17.1. The second-order valence-corrected chi connectivity index (χ2v) is 9.37. The Hall–Kier alpha value is -3.42. The van der Waals surface area contributed by atoms with E-state index in [2.05, 4.69) is 90.4 Å². The maximum absolute atomic E-state index is 12.6. The molecule has 0 N–H and O–H groups in total. The Bertz CT molecular complexity index is 1100. The molecule has 4 rings (SSSR count). The van der Waals surface area contributed by atoms with E-state index in [0.717, 1.165) is 50.3 Å². The average Bonchev–Trinajstić information content (AvgIpc) is 2.91. The Morgan fingerprint density at radius 1 is 0.857 bits per heavy atom. The van der Waals surface area contributed by atoms with E-state index in [-0.39, 0.29) is 17.7 Å². The van der Waals surface area contributed by atoms with E-state index in [9.17, 15) is 10.1 Å². The van der Waals surface area contributed by atoms with Crippen molar-refractivity contribution in [2.45, 2.75) is 39.2 Å². The molecule has 1 saturated heterocycles. The van der Waals surface area contributed by atoms with Gasteiger partial charge in [-0.1, -0.05) is 80.6 Å². The summed E-state index contributed by atoms with van der Waals surface area (Å²) in [4.78, 5) is 17.4. The molecule has 1 aliphatic rings. The van der Waals surface area contributed by atoms with Crippen LogP contribution < -0.4 is 4.90 Å². The zero-order valence-electron chi connectivity index (χ0n) is 20.9. The summed E-state index contributed by atoms with van der Waals surface area (Å²) in [6.45, 7) is 7.67. The molecule has 1 aliphatic heterocycles. The molecule has 0 unspecified atom stereocenters. The number of nitrogens with zero attached hydrogens (tertiary/aromatic N) is 3. The van der Waals surface area contributed by atoms with Crippen LogP contribution in [0.5, 0.6) is 0 Å². The van der Waals surface area contributed by atoms with E-state index in [0.29, 0.717) is 12.0 Å².